The molecule has 0 bridgehead atoms. The van der Waals surface area contributed by atoms with Crippen molar-refractivity contribution in [3.8, 4) is 0 Å². The van der Waals surface area contributed by atoms with Crippen molar-refractivity contribution in [3.63, 3.8) is 0 Å². The Bertz CT molecular complexity index is 310. The first kappa shape index (κ1) is 16.6. The van der Waals surface area contributed by atoms with Crippen LogP contribution in [0.25, 0.3) is 0 Å². The van der Waals surface area contributed by atoms with Crippen LogP contribution in [0.3, 0.4) is 0 Å². The van der Waals surface area contributed by atoms with Gasteiger partial charge in [-0.2, -0.15) is 13.2 Å². The molecule has 1 amide bonds. The summed E-state index contributed by atoms with van der Waals surface area (Å²) in [4.78, 5) is 11.9. The van der Waals surface area contributed by atoms with E-state index >= 15 is 0 Å². The monoisotopic (exact) mass is 299 g/mol. The molecular weight excluding hydrogens is 279 g/mol. The van der Waals surface area contributed by atoms with Crippen molar-refractivity contribution in [2.24, 2.45) is 17.3 Å². The molecule has 2 nitrogen and oxygen atoms in total. The predicted octanol–water partition coefficient (Wildman–Crippen LogP) is 3.74. The van der Waals surface area contributed by atoms with Gasteiger partial charge in [0.1, 0.15) is 0 Å². The summed E-state index contributed by atoms with van der Waals surface area (Å²) in [5, 5.41) is 2.79. The molecule has 1 rings (SSSR count). The van der Waals surface area contributed by atoms with E-state index in [9.17, 15) is 18.0 Å². The highest BCUT2D eigenvalue weighted by Gasteiger charge is 2.42. The van der Waals surface area contributed by atoms with Crippen LogP contribution in [0.4, 0.5) is 13.2 Å². The summed E-state index contributed by atoms with van der Waals surface area (Å²) in [6, 6.07) is 0. The van der Waals surface area contributed by atoms with E-state index in [0.29, 0.717) is 25.3 Å². The summed E-state index contributed by atoms with van der Waals surface area (Å²) >= 11 is 5.76. The third-order valence-electron chi connectivity index (χ3n) is 3.66. The minimum absolute atomic E-state index is 0.0560. The lowest BCUT2D eigenvalue weighted by Crippen LogP contribution is -2.40. The Balaban J connectivity index is 2.37. The fourth-order valence-electron chi connectivity index (χ4n) is 2.20. The molecule has 0 unspecified atom stereocenters. The number of halogens is 4. The van der Waals surface area contributed by atoms with Gasteiger partial charge in [-0.15, -0.1) is 11.6 Å². The zero-order chi connectivity index (χ0) is 14.7. The van der Waals surface area contributed by atoms with Crippen LogP contribution in [-0.2, 0) is 4.79 Å². The SMILES string of the molecule is CC(C)(CCl)CNC(=O)C1CCC(C(F)(F)F)CC1. The number of amides is 1. The molecule has 1 fully saturated rings. The number of hydrogen-bond donors (Lipinski definition) is 1. The highest BCUT2D eigenvalue weighted by Crippen LogP contribution is 2.39. The Morgan fingerprint density at radius 2 is 1.74 bits per heavy atom. The lowest BCUT2D eigenvalue weighted by atomic mass is 9.81. The summed E-state index contributed by atoms with van der Waals surface area (Å²) in [5.74, 6) is -1.24. The van der Waals surface area contributed by atoms with Crippen LogP contribution in [0, 0.1) is 17.3 Å². The van der Waals surface area contributed by atoms with E-state index in [-0.39, 0.29) is 30.1 Å². The van der Waals surface area contributed by atoms with Crippen LogP contribution in [0.5, 0.6) is 0 Å². The van der Waals surface area contributed by atoms with Gasteiger partial charge in [0, 0.05) is 18.3 Å². The van der Waals surface area contributed by atoms with Gasteiger partial charge in [0.25, 0.3) is 0 Å². The molecule has 1 saturated carbocycles. The molecule has 0 aromatic heterocycles. The van der Waals surface area contributed by atoms with Crippen LogP contribution in [-0.4, -0.2) is 24.5 Å². The highest BCUT2D eigenvalue weighted by atomic mass is 35.5. The summed E-state index contributed by atoms with van der Waals surface area (Å²) < 4.78 is 37.5. The third kappa shape index (κ3) is 5.21. The van der Waals surface area contributed by atoms with Crippen molar-refractivity contribution >= 4 is 17.5 Å². The van der Waals surface area contributed by atoms with E-state index in [0.717, 1.165) is 0 Å². The number of carbonyl (C=O) groups excluding carboxylic acids is 1. The second-order valence-corrected chi connectivity index (χ2v) is 6.37. The maximum atomic E-state index is 12.5. The van der Waals surface area contributed by atoms with Crippen LogP contribution in [0.2, 0.25) is 0 Å². The third-order valence-corrected chi connectivity index (χ3v) is 4.39. The standard InChI is InChI=1S/C13H21ClF3NO/c1-12(2,7-14)8-18-11(19)9-3-5-10(6-4-9)13(15,16)17/h9-10H,3-8H2,1-2H3,(H,18,19). The number of rotatable bonds is 4. The van der Waals surface area contributed by atoms with Gasteiger partial charge in [-0.05, 0) is 31.1 Å². The van der Waals surface area contributed by atoms with Gasteiger partial charge in [0.05, 0.1) is 5.92 Å². The van der Waals surface area contributed by atoms with E-state index in [4.69, 9.17) is 11.6 Å². The zero-order valence-corrected chi connectivity index (χ0v) is 12.1. The fourth-order valence-corrected chi connectivity index (χ4v) is 2.30. The largest absolute Gasteiger partial charge is 0.391 e. The maximum absolute atomic E-state index is 12.5. The van der Waals surface area contributed by atoms with Gasteiger partial charge in [-0.3, -0.25) is 4.79 Å². The Hall–Kier alpha value is -0.450. The Morgan fingerprint density at radius 1 is 1.21 bits per heavy atom. The molecule has 0 saturated heterocycles. The van der Waals surface area contributed by atoms with Gasteiger partial charge in [0.2, 0.25) is 5.91 Å². The van der Waals surface area contributed by atoms with Crippen molar-refractivity contribution in [3.05, 3.63) is 0 Å². The van der Waals surface area contributed by atoms with Crippen LogP contribution >= 0.6 is 11.6 Å². The first-order valence-corrected chi connectivity index (χ1v) is 7.09. The molecule has 0 radical (unpaired) electrons. The Morgan fingerprint density at radius 3 is 2.16 bits per heavy atom. The molecular formula is C13H21ClF3NO. The van der Waals surface area contributed by atoms with Gasteiger partial charge in [0.15, 0.2) is 0 Å². The summed E-state index contributed by atoms with van der Waals surface area (Å²) in [5.41, 5.74) is -0.194. The fraction of sp³-hybridized carbons (Fsp3) is 0.923. The van der Waals surface area contributed by atoms with Crippen LogP contribution in [0.15, 0.2) is 0 Å². The van der Waals surface area contributed by atoms with Crippen molar-refractivity contribution in [1.82, 2.24) is 5.32 Å². The van der Waals surface area contributed by atoms with Gasteiger partial charge >= 0.3 is 6.18 Å². The second-order valence-electron chi connectivity index (χ2n) is 6.11. The van der Waals surface area contributed by atoms with Crippen molar-refractivity contribution < 1.29 is 18.0 Å². The normalized spacial score (nSPS) is 25.2. The van der Waals surface area contributed by atoms with E-state index in [1.165, 1.54) is 0 Å². The summed E-state index contributed by atoms with van der Waals surface area (Å²) in [6.07, 6.45) is -3.38. The molecule has 1 aliphatic carbocycles. The highest BCUT2D eigenvalue weighted by molar-refractivity contribution is 6.18. The molecule has 0 spiro atoms. The number of hydrogen-bond acceptors (Lipinski definition) is 1. The summed E-state index contributed by atoms with van der Waals surface area (Å²) in [7, 11) is 0. The van der Waals surface area contributed by atoms with Crippen molar-refractivity contribution in [1.29, 1.82) is 0 Å². The Kier molecular flexibility index (Phi) is 5.53. The molecule has 112 valence electrons. The molecule has 0 aromatic carbocycles. The topological polar surface area (TPSA) is 29.1 Å². The molecule has 0 aromatic rings. The molecule has 0 atom stereocenters. The molecule has 0 aliphatic heterocycles. The smallest absolute Gasteiger partial charge is 0.355 e. The van der Waals surface area contributed by atoms with Crippen LogP contribution in [0.1, 0.15) is 39.5 Å². The molecule has 6 heteroatoms. The van der Waals surface area contributed by atoms with Gasteiger partial charge in [-0.25, -0.2) is 0 Å². The lowest BCUT2D eigenvalue weighted by Gasteiger charge is -2.30. The van der Waals surface area contributed by atoms with Gasteiger partial charge in [-0.1, -0.05) is 13.8 Å². The number of nitrogens with one attached hydrogen (secondary N) is 1. The molecule has 1 N–H and O–H groups in total. The van der Waals surface area contributed by atoms with Gasteiger partial charge < -0.3 is 5.32 Å². The zero-order valence-electron chi connectivity index (χ0n) is 11.3. The van der Waals surface area contributed by atoms with Crippen molar-refractivity contribution in [2.75, 3.05) is 12.4 Å². The quantitative estimate of drug-likeness (QED) is 0.787. The predicted molar refractivity (Wildman–Crippen MR) is 69.0 cm³/mol. The molecule has 19 heavy (non-hydrogen) atoms. The van der Waals surface area contributed by atoms with E-state index in [1.807, 2.05) is 13.8 Å². The van der Waals surface area contributed by atoms with E-state index < -0.39 is 12.1 Å². The summed E-state index contributed by atoms with van der Waals surface area (Å²) in [6.45, 7) is 4.32. The van der Waals surface area contributed by atoms with E-state index in [1.54, 1.807) is 0 Å². The number of alkyl halides is 4. The number of carbonyl (C=O) groups is 1. The maximum Gasteiger partial charge on any atom is 0.391 e. The average Bonchev–Trinajstić information content (AvgIpc) is 2.35. The lowest BCUT2D eigenvalue weighted by molar-refractivity contribution is -0.184. The van der Waals surface area contributed by atoms with Crippen molar-refractivity contribution in [2.45, 2.75) is 45.7 Å². The second kappa shape index (κ2) is 6.33. The van der Waals surface area contributed by atoms with E-state index in [2.05, 4.69) is 5.32 Å². The Labute approximate surface area is 117 Å². The minimum Gasteiger partial charge on any atom is -0.355 e. The first-order chi connectivity index (χ1) is 8.65. The average molecular weight is 300 g/mol. The molecule has 1 aliphatic rings. The van der Waals surface area contributed by atoms with Crippen LogP contribution < -0.4 is 5.32 Å². The first-order valence-electron chi connectivity index (χ1n) is 6.56. The molecule has 0 heterocycles. The minimum atomic E-state index is -4.12.